The van der Waals surface area contributed by atoms with Gasteiger partial charge in [0.25, 0.3) is 0 Å². The van der Waals surface area contributed by atoms with Crippen molar-refractivity contribution in [2.45, 2.75) is 5.75 Å². The van der Waals surface area contributed by atoms with Crippen molar-refractivity contribution in [1.82, 2.24) is 9.29 Å². The molecule has 7 heteroatoms. The first-order valence-electron chi connectivity index (χ1n) is 8.24. The number of hydrogen-bond donors (Lipinski definition) is 0. The first-order valence-corrected chi connectivity index (χ1v) is 10.7. The summed E-state index contributed by atoms with van der Waals surface area (Å²) < 4.78 is 28.0. The zero-order valence-corrected chi connectivity index (χ0v) is 15.3. The fraction of sp³-hybridized carbons (Fsp3) is 0.278. The van der Waals surface area contributed by atoms with Crippen LogP contribution in [-0.4, -0.2) is 43.9 Å². The van der Waals surface area contributed by atoms with Crippen LogP contribution in [0.3, 0.4) is 0 Å². The Kier molecular flexibility index (Phi) is 4.45. The van der Waals surface area contributed by atoms with Gasteiger partial charge in [-0.1, -0.05) is 53.8 Å². The number of thiazole rings is 1. The van der Waals surface area contributed by atoms with Gasteiger partial charge in [0.2, 0.25) is 10.0 Å². The number of hydrogen-bond acceptors (Lipinski definition) is 5. The third-order valence-corrected chi connectivity index (χ3v) is 7.32. The molecular formula is C18H19N3O2S2. The van der Waals surface area contributed by atoms with Crippen molar-refractivity contribution in [2.75, 3.05) is 31.1 Å². The molecule has 0 N–H and O–H groups in total. The Morgan fingerprint density at radius 3 is 2.32 bits per heavy atom. The number of sulfonamides is 1. The summed E-state index contributed by atoms with van der Waals surface area (Å²) in [6.45, 7) is 2.36. The highest BCUT2D eigenvalue weighted by Gasteiger charge is 2.28. The first-order chi connectivity index (χ1) is 12.1. The second kappa shape index (κ2) is 6.74. The van der Waals surface area contributed by atoms with E-state index in [-0.39, 0.29) is 5.75 Å². The molecule has 3 aromatic rings. The summed E-state index contributed by atoms with van der Waals surface area (Å²) in [7, 11) is -3.28. The van der Waals surface area contributed by atoms with Crippen molar-refractivity contribution in [1.29, 1.82) is 0 Å². The van der Waals surface area contributed by atoms with E-state index in [1.54, 1.807) is 15.6 Å². The van der Waals surface area contributed by atoms with Crippen LogP contribution in [0.2, 0.25) is 0 Å². The minimum absolute atomic E-state index is 0.0645. The topological polar surface area (TPSA) is 53.5 Å². The molecule has 0 amide bonds. The van der Waals surface area contributed by atoms with Crippen LogP contribution in [0, 0.1) is 0 Å². The minimum Gasteiger partial charge on any atom is -0.345 e. The number of piperazine rings is 1. The van der Waals surface area contributed by atoms with Gasteiger partial charge in [0.15, 0.2) is 5.13 Å². The van der Waals surface area contributed by atoms with Crippen LogP contribution in [-0.2, 0) is 15.8 Å². The van der Waals surface area contributed by atoms with Crippen LogP contribution < -0.4 is 4.90 Å². The van der Waals surface area contributed by atoms with Gasteiger partial charge in [0.1, 0.15) is 0 Å². The molecule has 1 fully saturated rings. The van der Waals surface area contributed by atoms with Crippen LogP contribution in [0.25, 0.3) is 10.2 Å². The Bertz CT molecular complexity index is 929. The van der Waals surface area contributed by atoms with Gasteiger partial charge in [-0.05, 0) is 17.7 Å². The van der Waals surface area contributed by atoms with Crippen molar-refractivity contribution >= 4 is 36.7 Å². The molecular weight excluding hydrogens is 354 g/mol. The molecule has 0 spiro atoms. The van der Waals surface area contributed by atoms with E-state index >= 15 is 0 Å². The Morgan fingerprint density at radius 2 is 1.60 bits per heavy atom. The molecule has 1 aliphatic rings. The summed E-state index contributed by atoms with van der Waals surface area (Å²) >= 11 is 1.66. The van der Waals surface area contributed by atoms with Gasteiger partial charge >= 0.3 is 0 Å². The van der Waals surface area contributed by atoms with Crippen molar-refractivity contribution in [3.05, 3.63) is 60.2 Å². The van der Waals surface area contributed by atoms with Gasteiger partial charge in [-0.3, -0.25) is 0 Å². The first kappa shape index (κ1) is 16.5. The predicted octanol–water partition coefficient (Wildman–Crippen LogP) is 2.95. The fourth-order valence-corrected chi connectivity index (χ4v) is 5.56. The third kappa shape index (κ3) is 3.53. The molecule has 4 rings (SSSR count). The molecule has 2 heterocycles. The molecule has 5 nitrogen and oxygen atoms in total. The number of anilines is 1. The van der Waals surface area contributed by atoms with Crippen LogP contribution in [0.5, 0.6) is 0 Å². The minimum atomic E-state index is -3.28. The van der Waals surface area contributed by atoms with Gasteiger partial charge in [0, 0.05) is 26.2 Å². The zero-order valence-electron chi connectivity index (χ0n) is 13.7. The van der Waals surface area contributed by atoms with Crippen LogP contribution in [0.1, 0.15) is 5.56 Å². The molecule has 1 aliphatic heterocycles. The van der Waals surface area contributed by atoms with E-state index in [2.05, 4.69) is 16.0 Å². The summed E-state index contributed by atoms with van der Waals surface area (Å²) in [6, 6.07) is 17.4. The molecule has 0 atom stereocenters. The Morgan fingerprint density at radius 1 is 0.920 bits per heavy atom. The molecule has 25 heavy (non-hydrogen) atoms. The molecule has 0 radical (unpaired) electrons. The second-order valence-electron chi connectivity index (χ2n) is 6.09. The SMILES string of the molecule is O=S(=O)(Cc1ccccc1)N1CCN(c2nc3ccccc3s2)CC1. The van der Waals surface area contributed by atoms with Crippen molar-refractivity contribution < 1.29 is 8.42 Å². The largest absolute Gasteiger partial charge is 0.345 e. The maximum Gasteiger partial charge on any atom is 0.218 e. The Balaban J connectivity index is 1.44. The van der Waals surface area contributed by atoms with E-state index in [0.29, 0.717) is 26.2 Å². The maximum absolute atomic E-state index is 12.6. The molecule has 130 valence electrons. The van der Waals surface area contributed by atoms with E-state index < -0.39 is 10.0 Å². The normalized spacial score (nSPS) is 16.4. The number of nitrogens with zero attached hydrogens (tertiary/aromatic N) is 3. The zero-order chi connectivity index (χ0) is 17.3. The third-order valence-electron chi connectivity index (χ3n) is 4.38. The molecule has 1 aromatic heterocycles. The van der Waals surface area contributed by atoms with Crippen molar-refractivity contribution in [2.24, 2.45) is 0 Å². The molecule has 0 bridgehead atoms. The predicted molar refractivity (Wildman–Crippen MR) is 102 cm³/mol. The summed E-state index contributed by atoms with van der Waals surface area (Å²) in [4.78, 5) is 6.85. The smallest absolute Gasteiger partial charge is 0.218 e. The van der Waals surface area contributed by atoms with Gasteiger partial charge in [-0.25, -0.2) is 13.4 Å². The number of rotatable bonds is 4. The lowest BCUT2D eigenvalue weighted by molar-refractivity contribution is 0.384. The standard InChI is InChI=1S/C18H19N3O2S2/c22-25(23,14-15-6-2-1-3-7-15)21-12-10-20(11-13-21)18-19-16-8-4-5-9-17(16)24-18/h1-9H,10-14H2. The Labute approximate surface area is 151 Å². The second-order valence-corrected chi connectivity index (χ2v) is 9.07. The summed E-state index contributed by atoms with van der Waals surface area (Å²) in [6.07, 6.45) is 0. The monoisotopic (exact) mass is 373 g/mol. The molecule has 2 aromatic carbocycles. The van der Waals surface area contributed by atoms with Gasteiger partial charge in [-0.2, -0.15) is 4.31 Å². The lowest BCUT2D eigenvalue weighted by atomic mass is 10.2. The van der Waals surface area contributed by atoms with Crippen LogP contribution >= 0.6 is 11.3 Å². The van der Waals surface area contributed by atoms with Gasteiger partial charge in [0.05, 0.1) is 16.0 Å². The van der Waals surface area contributed by atoms with E-state index in [9.17, 15) is 8.42 Å². The quantitative estimate of drug-likeness (QED) is 0.706. The summed E-state index contributed by atoms with van der Waals surface area (Å²) in [5.41, 5.74) is 1.83. The van der Waals surface area contributed by atoms with Crippen LogP contribution in [0.15, 0.2) is 54.6 Å². The van der Waals surface area contributed by atoms with E-state index in [1.807, 2.05) is 48.5 Å². The lowest BCUT2D eigenvalue weighted by Gasteiger charge is -2.33. The van der Waals surface area contributed by atoms with Crippen molar-refractivity contribution in [3.8, 4) is 0 Å². The number of para-hydroxylation sites is 1. The highest BCUT2D eigenvalue weighted by molar-refractivity contribution is 7.88. The van der Waals surface area contributed by atoms with Gasteiger partial charge < -0.3 is 4.90 Å². The summed E-state index contributed by atoms with van der Waals surface area (Å²) in [5, 5.41) is 0.973. The lowest BCUT2D eigenvalue weighted by Crippen LogP contribution is -2.49. The van der Waals surface area contributed by atoms with E-state index in [1.165, 1.54) is 0 Å². The molecule has 0 saturated carbocycles. The van der Waals surface area contributed by atoms with Gasteiger partial charge in [-0.15, -0.1) is 0 Å². The molecule has 0 aliphatic carbocycles. The number of fused-ring (bicyclic) bond motifs is 1. The summed E-state index contributed by atoms with van der Waals surface area (Å²) in [5.74, 6) is 0.0645. The Hall–Kier alpha value is -1.96. The average molecular weight is 374 g/mol. The maximum atomic E-state index is 12.6. The fourth-order valence-electron chi connectivity index (χ4n) is 3.03. The highest BCUT2D eigenvalue weighted by Crippen LogP contribution is 2.29. The average Bonchev–Trinajstić information content (AvgIpc) is 3.06. The van der Waals surface area contributed by atoms with Crippen LogP contribution in [0.4, 0.5) is 5.13 Å². The molecule has 0 unspecified atom stereocenters. The van der Waals surface area contributed by atoms with E-state index in [0.717, 1.165) is 20.9 Å². The number of benzene rings is 2. The van der Waals surface area contributed by atoms with E-state index in [4.69, 9.17) is 0 Å². The van der Waals surface area contributed by atoms with Crippen molar-refractivity contribution in [3.63, 3.8) is 0 Å². The number of aromatic nitrogens is 1. The highest BCUT2D eigenvalue weighted by atomic mass is 32.2. The molecule has 1 saturated heterocycles.